The van der Waals surface area contributed by atoms with E-state index in [9.17, 15) is 0 Å². The number of aromatic nitrogens is 2. The van der Waals surface area contributed by atoms with Crippen molar-refractivity contribution < 1.29 is 0 Å². The number of para-hydroxylation sites is 1. The Labute approximate surface area is 293 Å². The standard InChI is InChI=1S/C48H27BN2/c1-2-11-28(12-3-1)34-26-43-46-44(27-34)51-42-25-32-16-7-5-14-30(32)22-38(42)39-23-33-17-8-9-18-35(33)45(48(39)51)49(46)40-20-10-19-36-37-21-29-13-4-6-15-31(29)24-41(37)50(43)47(36)40/h1-27H. The molecule has 0 unspecified atom stereocenters. The van der Waals surface area contributed by atoms with Gasteiger partial charge in [0.25, 0.3) is 6.71 Å². The van der Waals surface area contributed by atoms with Crippen molar-refractivity contribution in [2.45, 2.75) is 0 Å². The maximum absolute atomic E-state index is 2.62. The van der Waals surface area contributed by atoms with Crippen molar-refractivity contribution in [3.63, 3.8) is 0 Å². The minimum absolute atomic E-state index is 0.0783. The third-order valence-corrected chi connectivity index (χ3v) is 12.0. The summed E-state index contributed by atoms with van der Waals surface area (Å²) in [6.07, 6.45) is 0. The molecule has 13 rings (SSSR count). The smallest absolute Gasteiger partial charge is 0.253 e. The Morgan fingerprint density at radius 1 is 0.333 bits per heavy atom. The fourth-order valence-electron chi connectivity index (χ4n) is 9.91. The van der Waals surface area contributed by atoms with Crippen molar-refractivity contribution in [3.8, 4) is 22.5 Å². The summed E-state index contributed by atoms with van der Waals surface area (Å²) in [7, 11) is 0. The molecule has 0 N–H and O–H groups in total. The number of hydrogen-bond acceptors (Lipinski definition) is 0. The summed E-state index contributed by atoms with van der Waals surface area (Å²) in [5.74, 6) is 0. The highest BCUT2D eigenvalue weighted by molar-refractivity contribution is 7.01. The first-order chi connectivity index (χ1) is 25.3. The lowest BCUT2D eigenvalue weighted by molar-refractivity contribution is 1.15. The van der Waals surface area contributed by atoms with E-state index in [4.69, 9.17) is 0 Å². The predicted molar refractivity (Wildman–Crippen MR) is 218 cm³/mol. The van der Waals surface area contributed by atoms with E-state index in [1.165, 1.54) is 115 Å². The van der Waals surface area contributed by atoms with E-state index in [-0.39, 0.29) is 6.71 Å². The molecule has 4 heterocycles. The van der Waals surface area contributed by atoms with Crippen molar-refractivity contribution in [2.75, 3.05) is 0 Å². The summed E-state index contributed by atoms with van der Waals surface area (Å²) < 4.78 is 5.22. The molecule has 0 amide bonds. The summed E-state index contributed by atoms with van der Waals surface area (Å²) in [5.41, 5.74) is 14.4. The zero-order chi connectivity index (χ0) is 32.9. The zero-order valence-corrected chi connectivity index (χ0v) is 27.6. The van der Waals surface area contributed by atoms with Gasteiger partial charge in [0.05, 0.1) is 11.0 Å². The monoisotopic (exact) mass is 642 g/mol. The molecule has 0 fully saturated rings. The van der Waals surface area contributed by atoms with Crippen molar-refractivity contribution in [1.82, 2.24) is 9.13 Å². The van der Waals surface area contributed by atoms with Gasteiger partial charge >= 0.3 is 0 Å². The van der Waals surface area contributed by atoms with Gasteiger partial charge in [0.15, 0.2) is 0 Å². The van der Waals surface area contributed by atoms with Crippen LogP contribution < -0.4 is 16.4 Å². The third kappa shape index (κ3) is 3.21. The summed E-state index contributed by atoms with van der Waals surface area (Å²) in [6.45, 7) is 0.0783. The minimum Gasteiger partial charge on any atom is -0.310 e. The van der Waals surface area contributed by atoms with Gasteiger partial charge in [-0.25, -0.2) is 0 Å². The number of nitrogens with zero attached hydrogens (tertiary/aromatic N) is 2. The molecule has 0 bridgehead atoms. The summed E-state index contributed by atoms with van der Waals surface area (Å²) >= 11 is 0. The Morgan fingerprint density at radius 3 is 1.55 bits per heavy atom. The topological polar surface area (TPSA) is 9.86 Å². The van der Waals surface area contributed by atoms with Crippen LogP contribution in [0.4, 0.5) is 0 Å². The van der Waals surface area contributed by atoms with Crippen LogP contribution in [-0.4, -0.2) is 15.8 Å². The molecular weight excluding hydrogens is 615 g/mol. The molecule has 0 radical (unpaired) electrons. The van der Waals surface area contributed by atoms with Crippen LogP contribution in [0.3, 0.4) is 0 Å². The largest absolute Gasteiger partial charge is 0.310 e. The van der Waals surface area contributed by atoms with Crippen molar-refractivity contribution in [2.24, 2.45) is 0 Å². The Morgan fingerprint density at radius 2 is 0.863 bits per heavy atom. The fourth-order valence-corrected chi connectivity index (χ4v) is 9.91. The number of rotatable bonds is 1. The van der Waals surface area contributed by atoms with Gasteiger partial charge in [-0.2, -0.15) is 0 Å². The molecule has 0 spiro atoms. The van der Waals surface area contributed by atoms with Crippen LogP contribution in [0.2, 0.25) is 0 Å². The van der Waals surface area contributed by atoms with Crippen LogP contribution in [0.15, 0.2) is 164 Å². The van der Waals surface area contributed by atoms with E-state index in [2.05, 4.69) is 173 Å². The SMILES string of the molecule is c1ccc(-c2cc3c4c(c2)-n2c5cc6ccccc6cc5c5cc6ccccc6c(c52)B4c2cccc4c5cc6ccccc6cc5n-3c24)cc1. The van der Waals surface area contributed by atoms with Crippen molar-refractivity contribution in [3.05, 3.63) is 164 Å². The maximum Gasteiger partial charge on any atom is 0.253 e. The average Bonchev–Trinajstić information content (AvgIpc) is 3.68. The van der Waals surface area contributed by atoms with Gasteiger partial charge in [-0.3, -0.25) is 0 Å². The van der Waals surface area contributed by atoms with Crippen LogP contribution in [0.25, 0.3) is 98.4 Å². The van der Waals surface area contributed by atoms with Crippen LogP contribution in [-0.2, 0) is 0 Å². The van der Waals surface area contributed by atoms with Gasteiger partial charge in [-0.05, 0) is 102 Å². The minimum atomic E-state index is 0.0783. The number of benzene rings is 9. The lowest BCUT2D eigenvalue weighted by Crippen LogP contribution is -2.59. The Balaban J connectivity index is 1.31. The van der Waals surface area contributed by atoms with E-state index in [1.54, 1.807) is 0 Å². The summed E-state index contributed by atoms with van der Waals surface area (Å²) in [5, 5.41) is 13.0. The summed E-state index contributed by atoms with van der Waals surface area (Å²) in [4.78, 5) is 0. The summed E-state index contributed by atoms with van der Waals surface area (Å²) in [6, 6.07) is 61.7. The van der Waals surface area contributed by atoms with Gasteiger partial charge in [-0.1, -0.05) is 121 Å². The number of fused-ring (bicyclic) bond motifs is 14. The molecule has 9 aromatic carbocycles. The molecule has 0 saturated heterocycles. The van der Waals surface area contributed by atoms with E-state index in [0.29, 0.717) is 0 Å². The molecule has 2 aromatic heterocycles. The molecule has 3 heteroatoms. The Bertz CT molecular complexity index is 3370. The molecular formula is C48H27BN2. The Kier molecular flexibility index (Phi) is 4.72. The Hall–Kier alpha value is -6.58. The van der Waals surface area contributed by atoms with Crippen molar-refractivity contribution >= 4 is 99.0 Å². The van der Waals surface area contributed by atoms with Gasteiger partial charge in [0.1, 0.15) is 0 Å². The molecule has 51 heavy (non-hydrogen) atoms. The quantitative estimate of drug-likeness (QED) is 0.158. The first kappa shape index (κ1) is 26.3. The molecule has 0 saturated carbocycles. The average molecular weight is 643 g/mol. The highest BCUT2D eigenvalue weighted by Gasteiger charge is 2.42. The molecule has 2 aliphatic heterocycles. The first-order valence-electron chi connectivity index (χ1n) is 17.9. The maximum atomic E-state index is 2.62. The molecule has 2 nitrogen and oxygen atoms in total. The highest BCUT2D eigenvalue weighted by Crippen LogP contribution is 2.43. The fraction of sp³-hybridized carbons (Fsp3) is 0. The highest BCUT2D eigenvalue weighted by atomic mass is 15.0. The normalized spacial score (nSPS) is 13.1. The number of hydrogen-bond donors (Lipinski definition) is 0. The van der Waals surface area contributed by atoms with Gasteiger partial charge < -0.3 is 9.13 Å². The van der Waals surface area contributed by atoms with Gasteiger partial charge in [0.2, 0.25) is 0 Å². The predicted octanol–water partition coefficient (Wildman–Crippen LogP) is 10.2. The van der Waals surface area contributed by atoms with Crippen LogP contribution in [0, 0.1) is 0 Å². The lowest BCUT2D eigenvalue weighted by atomic mass is 9.33. The van der Waals surface area contributed by atoms with Crippen LogP contribution >= 0.6 is 0 Å². The second kappa shape index (κ2) is 9.15. The van der Waals surface area contributed by atoms with Crippen LogP contribution in [0.5, 0.6) is 0 Å². The van der Waals surface area contributed by atoms with Gasteiger partial charge in [-0.15, -0.1) is 0 Å². The lowest BCUT2D eigenvalue weighted by Gasteiger charge is -2.35. The molecule has 2 aliphatic rings. The van der Waals surface area contributed by atoms with E-state index in [0.717, 1.165) is 0 Å². The molecule has 0 atom stereocenters. The van der Waals surface area contributed by atoms with Crippen LogP contribution in [0.1, 0.15) is 0 Å². The molecule has 11 aromatic rings. The third-order valence-electron chi connectivity index (χ3n) is 12.0. The van der Waals surface area contributed by atoms with E-state index >= 15 is 0 Å². The van der Waals surface area contributed by atoms with E-state index in [1.807, 2.05) is 0 Å². The van der Waals surface area contributed by atoms with E-state index < -0.39 is 0 Å². The molecule has 0 aliphatic carbocycles. The molecule has 232 valence electrons. The first-order valence-corrected chi connectivity index (χ1v) is 17.9. The second-order valence-corrected chi connectivity index (χ2v) is 14.5. The zero-order valence-electron chi connectivity index (χ0n) is 27.6. The van der Waals surface area contributed by atoms with Crippen molar-refractivity contribution in [1.29, 1.82) is 0 Å². The second-order valence-electron chi connectivity index (χ2n) is 14.5. The van der Waals surface area contributed by atoms with Gasteiger partial charge in [0, 0.05) is 44.0 Å².